The van der Waals surface area contributed by atoms with E-state index >= 15 is 0 Å². The number of carboxylic acid groups (broad SMARTS) is 1. The van der Waals surface area contributed by atoms with Gasteiger partial charge in [0.1, 0.15) is 5.78 Å². The lowest BCUT2D eigenvalue weighted by Crippen LogP contribution is -2.47. The third-order valence-electron chi connectivity index (χ3n) is 3.28. The third kappa shape index (κ3) is 2.99. The van der Waals surface area contributed by atoms with E-state index in [0.29, 0.717) is 12.8 Å². The van der Waals surface area contributed by atoms with Crippen LogP contribution in [0.25, 0.3) is 0 Å². The van der Waals surface area contributed by atoms with Crippen molar-refractivity contribution < 1.29 is 19.5 Å². The van der Waals surface area contributed by atoms with Crippen LogP contribution >= 0.6 is 0 Å². The highest BCUT2D eigenvalue weighted by Crippen LogP contribution is 2.20. The number of ketones is 1. The molecule has 1 fully saturated rings. The summed E-state index contributed by atoms with van der Waals surface area (Å²) in [5, 5.41) is 8.89. The van der Waals surface area contributed by atoms with Gasteiger partial charge in [0.05, 0.1) is 5.92 Å². The zero-order valence-electron chi connectivity index (χ0n) is 10.4. The number of Topliss-reactive ketones (excluding diaryl/α,β-unsaturated/α-hetero) is 1. The summed E-state index contributed by atoms with van der Waals surface area (Å²) in [6, 6.07) is 9.15. The van der Waals surface area contributed by atoms with Crippen LogP contribution in [0.1, 0.15) is 18.4 Å². The van der Waals surface area contributed by atoms with E-state index in [9.17, 15) is 14.4 Å². The molecule has 0 spiro atoms. The van der Waals surface area contributed by atoms with Gasteiger partial charge in [-0.25, -0.2) is 9.69 Å². The van der Waals surface area contributed by atoms with Crippen molar-refractivity contribution in [3.8, 4) is 0 Å². The maximum atomic E-state index is 12.1. The van der Waals surface area contributed by atoms with Crippen molar-refractivity contribution in [2.45, 2.75) is 19.3 Å². The lowest BCUT2D eigenvalue weighted by atomic mass is 9.90. The molecule has 2 amide bonds. The van der Waals surface area contributed by atoms with E-state index in [1.165, 1.54) is 0 Å². The maximum Gasteiger partial charge on any atom is 0.414 e. The molecule has 2 rings (SSSR count). The molecule has 0 radical (unpaired) electrons. The zero-order chi connectivity index (χ0) is 13.8. The highest BCUT2D eigenvalue weighted by molar-refractivity contribution is 6.06. The molecule has 0 bridgehead atoms. The number of rotatable bonds is 3. The number of benzene rings is 1. The molecule has 1 aromatic carbocycles. The van der Waals surface area contributed by atoms with Crippen molar-refractivity contribution in [3.05, 3.63) is 35.9 Å². The Kier molecular flexibility index (Phi) is 3.94. The average Bonchev–Trinajstić information content (AvgIpc) is 2.39. The predicted molar refractivity (Wildman–Crippen MR) is 67.6 cm³/mol. The van der Waals surface area contributed by atoms with Gasteiger partial charge in [0.25, 0.3) is 0 Å². The smallest absolute Gasteiger partial charge is 0.414 e. The molecule has 0 saturated carbocycles. The van der Waals surface area contributed by atoms with Gasteiger partial charge in [-0.2, -0.15) is 0 Å². The lowest BCUT2D eigenvalue weighted by molar-refractivity contribution is -0.142. The number of likely N-dealkylation sites (tertiary alicyclic amines) is 1. The molecule has 19 heavy (non-hydrogen) atoms. The fraction of sp³-hybridized carbons (Fsp3) is 0.357. The average molecular weight is 261 g/mol. The Labute approximate surface area is 110 Å². The first-order chi connectivity index (χ1) is 9.09. The summed E-state index contributed by atoms with van der Waals surface area (Å²) < 4.78 is 0. The molecule has 5 nitrogen and oxygen atoms in total. The Balaban J connectivity index is 2.06. The van der Waals surface area contributed by atoms with Gasteiger partial charge in [-0.05, 0) is 18.4 Å². The summed E-state index contributed by atoms with van der Waals surface area (Å²) in [7, 11) is 0. The predicted octanol–water partition coefficient (Wildman–Crippen LogP) is 1.71. The number of hydrogen-bond donors (Lipinski definition) is 1. The van der Waals surface area contributed by atoms with Crippen LogP contribution in [-0.4, -0.2) is 34.3 Å². The van der Waals surface area contributed by atoms with E-state index in [1.54, 1.807) is 0 Å². The molecule has 0 aliphatic carbocycles. The highest BCUT2D eigenvalue weighted by Gasteiger charge is 2.36. The number of carbonyl (C=O) groups is 3. The van der Waals surface area contributed by atoms with Gasteiger partial charge in [0.15, 0.2) is 0 Å². The van der Waals surface area contributed by atoms with Gasteiger partial charge in [0, 0.05) is 13.0 Å². The maximum absolute atomic E-state index is 12.1. The fourth-order valence-corrected chi connectivity index (χ4v) is 2.28. The fourth-order valence-electron chi connectivity index (χ4n) is 2.28. The molecular formula is C14H15NO4. The lowest BCUT2D eigenvalue weighted by Gasteiger charge is -2.27. The van der Waals surface area contributed by atoms with Crippen LogP contribution in [0, 0.1) is 5.92 Å². The van der Waals surface area contributed by atoms with Gasteiger partial charge in [-0.3, -0.25) is 9.59 Å². The van der Waals surface area contributed by atoms with Gasteiger partial charge < -0.3 is 5.11 Å². The Morgan fingerprint density at radius 3 is 2.58 bits per heavy atom. The van der Waals surface area contributed by atoms with Crippen molar-refractivity contribution in [2.75, 3.05) is 6.54 Å². The van der Waals surface area contributed by atoms with Crippen molar-refractivity contribution in [1.29, 1.82) is 0 Å². The molecule has 100 valence electrons. The summed E-state index contributed by atoms with van der Waals surface area (Å²) in [5.74, 6) is -1.60. The molecule has 1 aliphatic heterocycles. The third-order valence-corrected chi connectivity index (χ3v) is 3.28. The zero-order valence-corrected chi connectivity index (χ0v) is 10.4. The van der Waals surface area contributed by atoms with Crippen molar-refractivity contribution in [2.24, 2.45) is 5.92 Å². The van der Waals surface area contributed by atoms with E-state index in [2.05, 4.69) is 0 Å². The topological polar surface area (TPSA) is 74.7 Å². The second-order valence-corrected chi connectivity index (χ2v) is 4.60. The molecule has 1 aliphatic rings. The summed E-state index contributed by atoms with van der Waals surface area (Å²) in [6.07, 6.45) is -0.121. The molecule has 1 saturated heterocycles. The number of nitrogens with zero attached hydrogens (tertiary/aromatic N) is 1. The normalized spacial score (nSPS) is 19.3. The molecule has 1 unspecified atom stereocenters. The Morgan fingerprint density at radius 1 is 1.26 bits per heavy atom. The minimum absolute atomic E-state index is 0.171. The van der Waals surface area contributed by atoms with Crippen LogP contribution in [0.15, 0.2) is 30.3 Å². The molecular weight excluding hydrogens is 246 g/mol. The van der Waals surface area contributed by atoms with E-state index in [0.717, 1.165) is 10.5 Å². The molecule has 1 heterocycles. The van der Waals surface area contributed by atoms with Crippen LogP contribution in [0.3, 0.4) is 0 Å². The number of imide groups is 1. The second kappa shape index (κ2) is 5.65. The first-order valence-corrected chi connectivity index (χ1v) is 6.20. The van der Waals surface area contributed by atoms with Crippen LogP contribution in [0.4, 0.5) is 4.79 Å². The molecule has 1 atom stereocenters. The monoisotopic (exact) mass is 261 g/mol. The molecule has 5 heteroatoms. The van der Waals surface area contributed by atoms with Gasteiger partial charge in [-0.1, -0.05) is 30.3 Å². The number of amides is 2. The van der Waals surface area contributed by atoms with Gasteiger partial charge in [-0.15, -0.1) is 0 Å². The summed E-state index contributed by atoms with van der Waals surface area (Å²) in [5.41, 5.74) is 0.841. The van der Waals surface area contributed by atoms with Crippen LogP contribution in [-0.2, 0) is 16.0 Å². The number of hydrogen-bond acceptors (Lipinski definition) is 3. The molecule has 0 aromatic heterocycles. The SMILES string of the molecule is O=C(Cc1ccccc1)C1CCCN(C(=O)O)C1=O. The molecule has 1 N–H and O–H groups in total. The van der Waals surface area contributed by atoms with Crippen molar-refractivity contribution in [3.63, 3.8) is 0 Å². The van der Waals surface area contributed by atoms with Crippen LogP contribution in [0.2, 0.25) is 0 Å². The standard InChI is InChI=1S/C14H15NO4/c16-12(9-10-5-2-1-3-6-10)11-7-4-8-15(13(11)17)14(18)19/h1-3,5-6,11H,4,7-9H2,(H,18,19). The Morgan fingerprint density at radius 2 is 1.95 bits per heavy atom. The van der Waals surface area contributed by atoms with Gasteiger partial charge >= 0.3 is 6.09 Å². The summed E-state index contributed by atoms with van der Waals surface area (Å²) in [6.45, 7) is 0.184. The Hall–Kier alpha value is -2.17. The van der Waals surface area contributed by atoms with E-state index in [1.807, 2.05) is 30.3 Å². The van der Waals surface area contributed by atoms with Crippen LogP contribution in [0.5, 0.6) is 0 Å². The molecule has 1 aromatic rings. The van der Waals surface area contributed by atoms with Crippen molar-refractivity contribution in [1.82, 2.24) is 4.90 Å². The van der Waals surface area contributed by atoms with E-state index in [-0.39, 0.29) is 18.7 Å². The summed E-state index contributed by atoms with van der Waals surface area (Å²) >= 11 is 0. The summed E-state index contributed by atoms with van der Waals surface area (Å²) in [4.78, 5) is 35.7. The van der Waals surface area contributed by atoms with Gasteiger partial charge in [0.2, 0.25) is 5.91 Å². The Bertz CT molecular complexity index is 497. The quantitative estimate of drug-likeness (QED) is 0.840. The largest absolute Gasteiger partial charge is 0.465 e. The van der Waals surface area contributed by atoms with E-state index < -0.39 is 17.9 Å². The van der Waals surface area contributed by atoms with E-state index in [4.69, 9.17) is 5.11 Å². The number of carbonyl (C=O) groups excluding carboxylic acids is 2. The minimum Gasteiger partial charge on any atom is -0.465 e. The highest BCUT2D eigenvalue weighted by atomic mass is 16.4. The van der Waals surface area contributed by atoms with Crippen LogP contribution < -0.4 is 0 Å². The first-order valence-electron chi connectivity index (χ1n) is 6.20. The first kappa shape index (κ1) is 13.3. The van der Waals surface area contributed by atoms with Crippen molar-refractivity contribution >= 4 is 17.8 Å². The minimum atomic E-state index is -1.28. The second-order valence-electron chi connectivity index (χ2n) is 4.60. The number of piperidine rings is 1.